The molecule has 84 valence electrons. The summed E-state index contributed by atoms with van der Waals surface area (Å²) < 4.78 is 0. The minimum Gasteiger partial charge on any atom is -0.271 e. The highest BCUT2D eigenvalue weighted by atomic mass is 35.5. The van der Waals surface area contributed by atoms with Gasteiger partial charge in [-0.05, 0) is 30.9 Å². The molecule has 0 bridgehead atoms. The predicted octanol–water partition coefficient (Wildman–Crippen LogP) is 3.72. The van der Waals surface area contributed by atoms with Crippen LogP contribution in [0.3, 0.4) is 0 Å². The maximum absolute atomic E-state index is 8.50. The molecule has 0 atom stereocenters. The maximum atomic E-state index is 8.50. The van der Waals surface area contributed by atoms with Crippen LogP contribution in [-0.2, 0) is 0 Å². The lowest BCUT2D eigenvalue weighted by molar-refractivity contribution is 1.28. The monoisotopic (exact) mass is 273 g/mol. The zero-order valence-electron chi connectivity index (χ0n) is 8.71. The van der Waals surface area contributed by atoms with Gasteiger partial charge < -0.3 is 0 Å². The van der Waals surface area contributed by atoms with Crippen LogP contribution in [0.4, 0.5) is 5.69 Å². The molecule has 1 aromatic carbocycles. The Morgan fingerprint density at radius 1 is 1.44 bits per heavy atom. The number of nitrogens with zero attached hydrogens (tertiary/aromatic N) is 2. The number of hydrogen-bond acceptors (Lipinski definition) is 3. The van der Waals surface area contributed by atoms with Crippen LogP contribution in [0.1, 0.15) is 5.56 Å². The van der Waals surface area contributed by atoms with Gasteiger partial charge in [0.25, 0.3) is 0 Å². The lowest BCUT2D eigenvalue weighted by Crippen LogP contribution is -2.12. The Balaban J connectivity index is 3.14. The molecule has 0 heterocycles. The SMILES string of the molecule is CSC(=Nc1cc(Cl)c(C)cc1Cl)NC#N. The molecule has 0 fully saturated rings. The van der Waals surface area contributed by atoms with Gasteiger partial charge in [-0.25, -0.2) is 4.99 Å². The van der Waals surface area contributed by atoms with Gasteiger partial charge >= 0.3 is 0 Å². The molecule has 0 saturated carbocycles. The van der Waals surface area contributed by atoms with Gasteiger partial charge in [0.15, 0.2) is 11.4 Å². The number of thioether (sulfide) groups is 1. The van der Waals surface area contributed by atoms with E-state index in [-0.39, 0.29) is 0 Å². The summed E-state index contributed by atoms with van der Waals surface area (Å²) in [5, 5.41) is 12.5. The largest absolute Gasteiger partial charge is 0.271 e. The van der Waals surface area contributed by atoms with E-state index in [2.05, 4.69) is 10.3 Å². The van der Waals surface area contributed by atoms with Gasteiger partial charge in [-0.3, -0.25) is 5.32 Å². The molecular weight excluding hydrogens is 265 g/mol. The number of halogens is 2. The average Bonchev–Trinajstić information content (AvgIpc) is 2.25. The average molecular weight is 274 g/mol. The van der Waals surface area contributed by atoms with E-state index in [4.69, 9.17) is 28.5 Å². The molecule has 3 nitrogen and oxygen atoms in total. The predicted molar refractivity (Wildman–Crippen MR) is 70.6 cm³/mol. The standard InChI is InChI=1S/C10H9Cl2N3S/c1-6-3-8(12)9(4-7(6)11)15-10(16-2)14-5-13/h3-4H,1-2H3,(H,14,15). The Labute approximate surface area is 108 Å². The van der Waals surface area contributed by atoms with Crippen molar-refractivity contribution in [2.45, 2.75) is 6.92 Å². The molecule has 0 aliphatic carbocycles. The first-order chi connectivity index (χ1) is 7.58. The quantitative estimate of drug-likeness (QED) is 0.367. The van der Waals surface area contributed by atoms with E-state index in [1.165, 1.54) is 11.8 Å². The second-order valence-corrected chi connectivity index (χ2v) is 4.52. The highest BCUT2D eigenvalue weighted by Crippen LogP contribution is 2.31. The molecule has 0 radical (unpaired) electrons. The van der Waals surface area contributed by atoms with Crippen molar-refractivity contribution in [3.8, 4) is 6.19 Å². The first-order valence-corrected chi connectivity index (χ1v) is 6.30. The summed E-state index contributed by atoms with van der Waals surface area (Å²) >= 11 is 13.3. The number of rotatable bonds is 1. The third-order valence-electron chi connectivity index (χ3n) is 1.81. The van der Waals surface area contributed by atoms with Crippen molar-refractivity contribution < 1.29 is 0 Å². The highest BCUT2D eigenvalue weighted by molar-refractivity contribution is 8.13. The number of nitriles is 1. The zero-order valence-corrected chi connectivity index (χ0v) is 11.0. The summed E-state index contributed by atoms with van der Waals surface area (Å²) in [5.74, 6) is 0. The third-order valence-corrected chi connectivity index (χ3v) is 3.10. The van der Waals surface area contributed by atoms with Crippen LogP contribution in [0.25, 0.3) is 0 Å². The number of aryl methyl sites for hydroxylation is 1. The van der Waals surface area contributed by atoms with Crippen molar-refractivity contribution >= 4 is 45.8 Å². The fourth-order valence-corrected chi connectivity index (χ4v) is 1.76. The molecule has 0 aromatic heterocycles. The summed E-state index contributed by atoms with van der Waals surface area (Å²) in [6, 6.07) is 3.42. The van der Waals surface area contributed by atoms with E-state index in [9.17, 15) is 0 Å². The smallest absolute Gasteiger partial charge is 0.183 e. The first-order valence-electron chi connectivity index (χ1n) is 4.32. The van der Waals surface area contributed by atoms with E-state index in [0.29, 0.717) is 20.9 Å². The van der Waals surface area contributed by atoms with Crippen LogP contribution in [0, 0.1) is 18.4 Å². The summed E-state index contributed by atoms with van der Waals surface area (Å²) in [4.78, 5) is 4.20. The lowest BCUT2D eigenvalue weighted by Gasteiger charge is -2.04. The molecule has 0 aliphatic rings. The number of benzene rings is 1. The molecule has 6 heteroatoms. The van der Waals surface area contributed by atoms with Gasteiger partial charge in [0.1, 0.15) is 0 Å². The van der Waals surface area contributed by atoms with Crippen LogP contribution in [0.15, 0.2) is 17.1 Å². The second-order valence-electron chi connectivity index (χ2n) is 2.91. The van der Waals surface area contributed by atoms with Gasteiger partial charge in [-0.2, -0.15) is 5.26 Å². The fourth-order valence-electron chi connectivity index (χ4n) is 1.00. The van der Waals surface area contributed by atoms with E-state index in [1.54, 1.807) is 18.3 Å². The highest BCUT2D eigenvalue weighted by Gasteiger charge is 2.05. The second kappa shape index (κ2) is 6.00. The first kappa shape index (κ1) is 13.2. The Morgan fingerprint density at radius 2 is 2.12 bits per heavy atom. The number of hydrogen-bond donors (Lipinski definition) is 1. The van der Waals surface area contributed by atoms with Gasteiger partial charge in [0.05, 0.1) is 10.7 Å². The van der Waals surface area contributed by atoms with Crippen LogP contribution < -0.4 is 5.32 Å². The molecule has 0 saturated heterocycles. The number of amidine groups is 1. The lowest BCUT2D eigenvalue weighted by atomic mass is 10.2. The van der Waals surface area contributed by atoms with Crippen LogP contribution in [0.2, 0.25) is 10.0 Å². The maximum Gasteiger partial charge on any atom is 0.183 e. The van der Waals surface area contributed by atoms with Crippen molar-refractivity contribution in [2.24, 2.45) is 4.99 Å². The summed E-state index contributed by atoms with van der Waals surface area (Å²) in [7, 11) is 0. The zero-order chi connectivity index (χ0) is 12.1. The molecule has 0 aliphatic heterocycles. The fraction of sp³-hybridized carbons (Fsp3) is 0.200. The van der Waals surface area contributed by atoms with Crippen molar-refractivity contribution in [1.82, 2.24) is 5.32 Å². The van der Waals surface area contributed by atoms with Crippen molar-refractivity contribution in [1.29, 1.82) is 5.26 Å². The topological polar surface area (TPSA) is 48.2 Å². The molecule has 0 unspecified atom stereocenters. The molecule has 1 rings (SSSR count). The minimum absolute atomic E-state index is 0.476. The Morgan fingerprint density at radius 3 is 2.69 bits per heavy atom. The van der Waals surface area contributed by atoms with Gasteiger partial charge in [-0.1, -0.05) is 35.0 Å². The van der Waals surface area contributed by atoms with Crippen molar-refractivity contribution in [3.05, 3.63) is 27.7 Å². The van der Waals surface area contributed by atoms with E-state index in [0.717, 1.165) is 5.56 Å². The summed E-state index contributed by atoms with van der Waals surface area (Å²) in [6.45, 7) is 1.87. The van der Waals surface area contributed by atoms with E-state index >= 15 is 0 Å². The van der Waals surface area contributed by atoms with Crippen LogP contribution in [-0.4, -0.2) is 11.4 Å². The van der Waals surface area contributed by atoms with Gasteiger partial charge in [0.2, 0.25) is 0 Å². The molecular formula is C10H9Cl2N3S. The molecule has 0 amide bonds. The van der Waals surface area contributed by atoms with E-state index in [1.807, 2.05) is 13.2 Å². The molecule has 16 heavy (non-hydrogen) atoms. The Bertz CT molecular complexity index is 466. The molecule has 1 N–H and O–H groups in total. The number of aliphatic imine (C=N–C) groups is 1. The van der Waals surface area contributed by atoms with Crippen molar-refractivity contribution in [2.75, 3.05) is 6.26 Å². The Kier molecular flexibility index (Phi) is 4.94. The van der Waals surface area contributed by atoms with Gasteiger partial charge in [-0.15, -0.1) is 0 Å². The summed E-state index contributed by atoms with van der Waals surface area (Å²) in [5.41, 5.74) is 1.44. The van der Waals surface area contributed by atoms with Crippen molar-refractivity contribution in [3.63, 3.8) is 0 Å². The molecule has 0 spiro atoms. The Hall–Kier alpha value is -0.890. The minimum atomic E-state index is 0.476. The van der Waals surface area contributed by atoms with Crippen LogP contribution >= 0.6 is 35.0 Å². The molecule has 1 aromatic rings. The van der Waals surface area contributed by atoms with Crippen LogP contribution in [0.5, 0.6) is 0 Å². The summed E-state index contributed by atoms with van der Waals surface area (Å²) in [6.07, 6.45) is 3.62. The van der Waals surface area contributed by atoms with E-state index < -0.39 is 0 Å². The number of nitrogens with one attached hydrogen (secondary N) is 1. The third kappa shape index (κ3) is 3.31. The normalized spacial score (nSPS) is 11.1. The van der Waals surface area contributed by atoms with Gasteiger partial charge in [0, 0.05) is 5.02 Å².